The van der Waals surface area contributed by atoms with Crippen LogP contribution in [0.2, 0.25) is 10.0 Å². The summed E-state index contributed by atoms with van der Waals surface area (Å²) in [6.45, 7) is 0.823. The summed E-state index contributed by atoms with van der Waals surface area (Å²) in [4.78, 5) is 1.31. The monoisotopic (exact) mass is 364 g/mol. The Hall–Kier alpha value is -2.51. The van der Waals surface area contributed by atoms with Crippen molar-refractivity contribution >= 4 is 29.2 Å². The predicted octanol–water partition coefficient (Wildman–Crippen LogP) is 2.88. The first-order valence-corrected chi connectivity index (χ1v) is 7.81. The van der Waals surface area contributed by atoms with E-state index in [1.807, 2.05) is 24.3 Å². The van der Waals surface area contributed by atoms with Gasteiger partial charge in [-0.3, -0.25) is 0 Å². The van der Waals surface area contributed by atoms with Crippen molar-refractivity contribution in [3.05, 3.63) is 63.6 Å². The molecule has 0 bridgehead atoms. The van der Waals surface area contributed by atoms with Crippen molar-refractivity contribution in [2.45, 2.75) is 13.2 Å². The number of tetrazole rings is 1. The van der Waals surface area contributed by atoms with Gasteiger partial charge in [0.15, 0.2) is 0 Å². The van der Waals surface area contributed by atoms with Crippen molar-refractivity contribution in [3.63, 3.8) is 0 Å². The van der Waals surface area contributed by atoms with Gasteiger partial charge < -0.3 is 15.9 Å². The topological polar surface area (TPSA) is 90.9 Å². The molecule has 0 saturated carbocycles. The smallest absolute Gasteiger partial charge is 0.260 e. The lowest BCUT2D eigenvalue weighted by molar-refractivity contribution is 0.306. The van der Waals surface area contributed by atoms with Crippen LogP contribution in [0, 0.1) is 0 Å². The molecule has 0 unspecified atom stereocenters. The first kappa shape index (κ1) is 16.4. The summed E-state index contributed by atoms with van der Waals surface area (Å²) in [7, 11) is 0. The minimum absolute atomic E-state index is 0.201. The van der Waals surface area contributed by atoms with E-state index in [0.717, 1.165) is 16.9 Å². The van der Waals surface area contributed by atoms with E-state index in [1.54, 1.807) is 18.2 Å². The molecule has 0 radical (unpaired) electrons. The van der Waals surface area contributed by atoms with Gasteiger partial charge in [0.2, 0.25) is 0 Å². The highest BCUT2D eigenvalue weighted by Crippen LogP contribution is 2.25. The summed E-state index contributed by atoms with van der Waals surface area (Å²) >= 11 is 12.2. The zero-order chi connectivity index (χ0) is 16.9. The summed E-state index contributed by atoms with van der Waals surface area (Å²) in [5.41, 5.74) is 10.3. The molecule has 0 aliphatic carbocycles. The third-order valence-electron chi connectivity index (χ3n) is 3.29. The fourth-order valence-corrected chi connectivity index (χ4v) is 2.51. The third-order valence-corrected chi connectivity index (χ3v) is 4.00. The number of benzene rings is 2. The van der Waals surface area contributed by atoms with Crippen molar-refractivity contribution in [2.75, 3.05) is 11.2 Å². The number of nitrogens with one attached hydrogen (secondary N) is 1. The van der Waals surface area contributed by atoms with Crippen LogP contribution in [0.3, 0.4) is 0 Å². The van der Waals surface area contributed by atoms with Crippen LogP contribution in [-0.4, -0.2) is 20.3 Å². The molecule has 2 aromatic carbocycles. The van der Waals surface area contributed by atoms with Crippen molar-refractivity contribution in [2.24, 2.45) is 0 Å². The van der Waals surface area contributed by atoms with Gasteiger partial charge in [0.1, 0.15) is 12.4 Å². The Balaban J connectivity index is 1.57. The lowest BCUT2D eigenvalue weighted by Crippen LogP contribution is -2.18. The van der Waals surface area contributed by atoms with Crippen molar-refractivity contribution in [1.82, 2.24) is 20.3 Å². The van der Waals surface area contributed by atoms with Gasteiger partial charge in [-0.2, -0.15) is 0 Å². The first-order valence-electron chi connectivity index (χ1n) is 7.06. The largest absolute Gasteiger partial charge is 0.489 e. The minimum atomic E-state index is 0.201. The molecule has 0 aliphatic rings. The number of anilines is 1. The second-order valence-corrected chi connectivity index (χ2v) is 5.73. The second kappa shape index (κ2) is 7.37. The lowest BCUT2D eigenvalue weighted by atomic mass is 10.2. The fourth-order valence-electron chi connectivity index (χ4n) is 2.00. The standard InChI is InChI=1S/C15H14Cl2N6O/c16-13-2-1-3-14(17)12(13)9-24-11-6-4-10(5-7-11)8-19-23-15(18)20-21-22-23/h1-7,19H,8-9H2,(H2,18,20,22). The Morgan fingerprint density at radius 1 is 1.08 bits per heavy atom. The van der Waals surface area contributed by atoms with Crippen LogP contribution >= 0.6 is 23.2 Å². The van der Waals surface area contributed by atoms with Crippen LogP contribution < -0.4 is 15.9 Å². The highest BCUT2D eigenvalue weighted by molar-refractivity contribution is 6.35. The van der Waals surface area contributed by atoms with Crippen LogP contribution in [0.15, 0.2) is 42.5 Å². The Bertz CT molecular complexity index is 801. The van der Waals surface area contributed by atoms with Crippen LogP contribution in [0.4, 0.5) is 5.95 Å². The Kier molecular flexibility index (Phi) is 5.02. The fraction of sp³-hybridized carbons (Fsp3) is 0.133. The van der Waals surface area contributed by atoms with E-state index in [1.165, 1.54) is 4.79 Å². The number of nitrogens with zero attached hydrogens (tertiary/aromatic N) is 4. The van der Waals surface area contributed by atoms with Crippen molar-refractivity contribution < 1.29 is 4.74 Å². The van der Waals surface area contributed by atoms with Crippen LogP contribution in [0.1, 0.15) is 11.1 Å². The minimum Gasteiger partial charge on any atom is -0.489 e. The number of rotatable bonds is 6. The van der Waals surface area contributed by atoms with Crippen LogP contribution in [0.5, 0.6) is 5.75 Å². The molecule has 0 saturated heterocycles. The van der Waals surface area contributed by atoms with E-state index in [9.17, 15) is 0 Å². The van der Waals surface area contributed by atoms with E-state index in [-0.39, 0.29) is 5.95 Å². The van der Waals surface area contributed by atoms with E-state index < -0.39 is 0 Å². The summed E-state index contributed by atoms with van der Waals surface area (Å²) in [5, 5.41) is 11.9. The van der Waals surface area contributed by atoms with Crippen LogP contribution in [-0.2, 0) is 13.2 Å². The van der Waals surface area contributed by atoms with Crippen molar-refractivity contribution in [1.29, 1.82) is 0 Å². The van der Waals surface area contributed by atoms with E-state index in [0.29, 0.717) is 23.2 Å². The molecule has 1 aromatic heterocycles. The van der Waals surface area contributed by atoms with Gasteiger partial charge in [0.05, 0.1) is 6.54 Å². The normalized spacial score (nSPS) is 10.6. The summed E-state index contributed by atoms with van der Waals surface area (Å²) in [6.07, 6.45) is 0. The average Bonchev–Trinajstić information content (AvgIpc) is 2.99. The SMILES string of the molecule is Nc1nnnn1NCc1ccc(OCc2c(Cl)cccc2Cl)cc1. The molecule has 24 heavy (non-hydrogen) atoms. The number of halogens is 2. The molecule has 3 rings (SSSR count). The maximum atomic E-state index is 6.12. The van der Waals surface area contributed by atoms with Gasteiger partial charge >= 0.3 is 0 Å². The molecule has 3 aromatic rings. The molecule has 124 valence electrons. The summed E-state index contributed by atoms with van der Waals surface area (Å²) in [5.74, 6) is 0.920. The maximum Gasteiger partial charge on any atom is 0.260 e. The maximum absolute atomic E-state index is 6.12. The zero-order valence-corrected chi connectivity index (χ0v) is 14.0. The summed E-state index contributed by atoms with van der Waals surface area (Å²) in [6, 6.07) is 13.0. The number of nitrogen functional groups attached to an aromatic ring is 1. The molecule has 0 fully saturated rings. The third kappa shape index (κ3) is 3.87. The second-order valence-electron chi connectivity index (χ2n) is 4.92. The number of hydrogen-bond donors (Lipinski definition) is 2. The Morgan fingerprint density at radius 2 is 1.79 bits per heavy atom. The number of nitrogens with two attached hydrogens (primary N) is 1. The van der Waals surface area contributed by atoms with Gasteiger partial charge in [0, 0.05) is 15.6 Å². The van der Waals surface area contributed by atoms with Gasteiger partial charge in [0.25, 0.3) is 5.95 Å². The van der Waals surface area contributed by atoms with Gasteiger partial charge in [-0.15, -0.1) is 4.79 Å². The Labute approximate surface area is 148 Å². The van der Waals surface area contributed by atoms with E-state index in [2.05, 4.69) is 21.0 Å². The molecular formula is C15H14Cl2N6O. The van der Waals surface area contributed by atoms with Gasteiger partial charge in [-0.25, -0.2) is 0 Å². The summed E-state index contributed by atoms with van der Waals surface area (Å²) < 4.78 is 5.73. The van der Waals surface area contributed by atoms with Crippen LogP contribution in [0.25, 0.3) is 0 Å². The molecule has 1 heterocycles. The van der Waals surface area contributed by atoms with Gasteiger partial charge in [-0.1, -0.05) is 46.5 Å². The predicted molar refractivity (Wildman–Crippen MR) is 92.5 cm³/mol. The van der Waals surface area contributed by atoms with E-state index >= 15 is 0 Å². The molecule has 0 aliphatic heterocycles. The molecule has 7 nitrogen and oxygen atoms in total. The first-order chi connectivity index (χ1) is 11.6. The van der Waals surface area contributed by atoms with Gasteiger partial charge in [-0.05, 0) is 40.3 Å². The van der Waals surface area contributed by atoms with Crippen molar-refractivity contribution in [3.8, 4) is 5.75 Å². The number of hydrogen-bond acceptors (Lipinski definition) is 6. The highest BCUT2D eigenvalue weighted by Gasteiger charge is 2.06. The zero-order valence-electron chi connectivity index (χ0n) is 12.5. The number of aromatic nitrogens is 4. The quantitative estimate of drug-likeness (QED) is 0.698. The number of ether oxygens (including phenoxy) is 1. The average molecular weight is 365 g/mol. The molecule has 9 heteroatoms. The van der Waals surface area contributed by atoms with E-state index in [4.69, 9.17) is 33.7 Å². The molecule has 3 N–H and O–H groups in total. The lowest BCUT2D eigenvalue weighted by Gasteiger charge is -2.10. The Morgan fingerprint density at radius 3 is 2.42 bits per heavy atom. The molecule has 0 spiro atoms. The molecular weight excluding hydrogens is 351 g/mol. The highest BCUT2D eigenvalue weighted by atomic mass is 35.5. The molecule has 0 amide bonds. The molecule has 0 atom stereocenters.